The average molecular weight is 321 g/mol. The molecule has 23 heavy (non-hydrogen) atoms. The summed E-state index contributed by atoms with van der Waals surface area (Å²) in [5.74, 6) is -0.513. The Balaban J connectivity index is 2.80. The molecule has 1 aromatic rings. The van der Waals surface area contributed by atoms with Gasteiger partial charge in [-0.3, -0.25) is 4.79 Å². The van der Waals surface area contributed by atoms with E-state index in [0.717, 1.165) is 5.56 Å². The van der Waals surface area contributed by atoms with Crippen molar-refractivity contribution in [2.45, 2.75) is 26.8 Å². The van der Waals surface area contributed by atoms with Gasteiger partial charge >= 0.3 is 5.97 Å². The maximum atomic E-state index is 11.8. The molecule has 0 bridgehead atoms. The molecule has 0 saturated carbocycles. The lowest BCUT2D eigenvalue weighted by atomic mass is 10.0. The molecule has 1 amide bonds. The van der Waals surface area contributed by atoms with Gasteiger partial charge in [0.2, 0.25) is 5.91 Å². The number of ether oxygens (including phenoxy) is 2. The number of methoxy groups -OCH3 is 1. The zero-order chi connectivity index (χ0) is 17.4. The first-order valence-corrected chi connectivity index (χ1v) is 7.41. The van der Waals surface area contributed by atoms with Gasteiger partial charge in [0.05, 0.1) is 13.7 Å². The number of benzene rings is 1. The second-order valence-corrected chi connectivity index (χ2v) is 5.25. The monoisotopic (exact) mass is 321 g/mol. The molecule has 0 aliphatic heterocycles. The maximum absolute atomic E-state index is 11.8. The summed E-state index contributed by atoms with van der Waals surface area (Å²) in [6.45, 7) is 5.88. The fourth-order valence-corrected chi connectivity index (χ4v) is 1.95. The van der Waals surface area contributed by atoms with Crippen molar-refractivity contribution >= 4 is 18.0 Å². The van der Waals surface area contributed by atoms with Crippen molar-refractivity contribution in [2.75, 3.05) is 13.7 Å². The molecular formula is C17H23NO5. The predicted molar refractivity (Wildman–Crippen MR) is 87.6 cm³/mol. The maximum Gasteiger partial charge on any atom is 0.326 e. The fraction of sp³-hybridized carbons (Fsp3) is 0.412. The van der Waals surface area contributed by atoms with E-state index in [2.05, 4.69) is 5.32 Å². The van der Waals surface area contributed by atoms with E-state index in [0.29, 0.717) is 18.1 Å². The molecule has 1 atom stereocenters. The average Bonchev–Trinajstić information content (AvgIpc) is 2.51. The van der Waals surface area contributed by atoms with Gasteiger partial charge in [0.1, 0.15) is 6.04 Å². The molecule has 0 aliphatic rings. The van der Waals surface area contributed by atoms with Crippen LogP contribution in [0.25, 0.3) is 6.08 Å². The number of hydrogen-bond acceptors (Lipinski definition) is 4. The summed E-state index contributed by atoms with van der Waals surface area (Å²) in [7, 11) is 1.54. The Morgan fingerprint density at radius 3 is 2.52 bits per heavy atom. The van der Waals surface area contributed by atoms with Gasteiger partial charge in [-0.05, 0) is 36.6 Å². The smallest absolute Gasteiger partial charge is 0.326 e. The van der Waals surface area contributed by atoms with Crippen molar-refractivity contribution in [3.05, 3.63) is 29.8 Å². The lowest BCUT2D eigenvalue weighted by molar-refractivity contribution is -0.142. The number of carbonyl (C=O) groups is 2. The molecule has 126 valence electrons. The van der Waals surface area contributed by atoms with Crippen molar-refractivity contribution in [3.8, 4) is 11.5 Å². The lowest BCUT2D eigenvalue weighted by Gasteiger charge is -2.16. The molecule has 2 N–H and O–H groups in total. The number of nitrogens with one attached hydrogen (secondary N) is 1. The van der Waals surface area contributed by atoms with Gasteiger partial charge in [0.15, 0.2) is 11.5 Å². The molecule has 0 radical (unpaired) electrons. The van der Waals surface area contributed by atoms with E-state index in [1.54, 1.807) is 38.1 Å². The first-order valence-electron chi connectivity index (χ1n) is 7.41. The Labute approximate surface area is 136 Å². The van der Waals surface area contributed by atoms with Gasteiger partial charge in [0, 0.05) is 6.08 Å². The van der Waals surface area contributed by atoms with Crippen LogP contribution in [0.15, 0.2) is 24.3 Å². The zero-order valence-electron chi connectivity index (χ0n) is 13.8. The number of carboxylic acid groups (broad SMARTS) is 1. The molecule has 0 unspecified atom stereocenters. The number of amides is 1. The van der Waals surface area contributed by atoms with Crippen LogP contribution in [0.2, 0.25) is 0 Å². The number of carbonyl (C=O) groups excluding carboxylic acids is 1. The third-order valence-corrected chi connectivity index (χ3v) is 3.15. The predicted octanol–water partition coefficient (Wildman–Crippen LogP) is 2.33. The molecule has 0 aliphatic carbocycles. The second-order valence-electron chi connectivity index (χ2n) is 5.25. The quantitative estimate of drug-likeness (QED) is 0.718. The van der Waals surface area contributed by atoms with Crippen molar-refractivity contribution in [1.29, 1.82) is 0 Å². The van der Waals surface area contributed by atoms with E-state index in [1.165, 1.54) is 13.2 Å². The van der Waals surface area contributed by atoms with Crippen LogP contribution in [0.4, 0.5) is 0 Å². The molecule has 0 aromatic heterocycles. The zero-order valence-corrected chi connectivity index (χ0v) is 13.8. The normalized spacial score (nSPS) is 12.2. The minimum Gasteiger partial charge on any atom is -0.493 e. The largest absolute Gasteiger partial charge is 0.493 e. The summed E-state index contributed by atoms with van der Waals surface area (Å²) in [6, 6.07) is 4.37. The Hall–Kier alpha value is -2.50. The SMILES string of the molecule is CCOc1ccc(/C=C/C(=O)N[C@H](C(=O)O)C(C)C)cc1OC. The van der Waals surface area contributed by atoms with Crippen molar-refractivity contribution in [2.24, 2.45) is 5.92 Å². The summed E-state index contributed by atoms with van der Waals surface area (Å²) in [5, 5.41) is 11.5. The third-order valence-electron chi connectivity index (χ3n) is 3.15. The third kappa shape index (κ3) is 5.65. The van der Waals surface area contributed by atoms with Crippen LogP contribution in [0.5, 0.6) is 11.5 Å². The van der Waals surface area contributed by atoms with Crippen LogP contribution in [-0.4, -0.2) is 36.7 Å². The second kappa shape index (κ2) is 8.82. The minimum atomic E-state index is -1.05. The highest BCUT2D eigenvalue weighted by Gasteiger charge is 2.22. The van der Waals surface area contributed by atoms with Crippen molar-refractivity contribution in [1.82, 2.24) is 5.32 Å². The first kappa shape index (κ1) is 18.5. The summed E-state index contributed by atoms with van der Waals surface area (Å²) in [4.78, 5) is 22.9. The topological polar surface area (TPSA) is 84.9 Å². The number of aliphatic carboxylic acids is 1. The molecule has 0 fully saturated rings. The van der Waals surface area contributed by atoms with Gasteiger partial charge in [-0.15, -0.1) is 0 Å². The van der Waals surface area contributed by atoms with Crippen LogP contribution in [0.3, 0.4) is 0 Å². The van der Waals surface area contributed by atoms with Gasteiger partial charge in [-0.1, -0.05) is 19.9 Å². The van der Waals surface area contributed by atoms with Crippen LogP contribution in [0.1, 0.15) is 26.3 Å². The number of hydrogen-bond donors (Lipinski definition) is 2. The minimum absolute atomic E-state index is 0.199. The summed E-state index contributed by atoms with van der Waals surface area (Å²) < 4.78 is 10.7. The van der Waals surface area contributed by atoms with Crippen LogP contribution >= 0.6 is 0 Å². The van der Waals surface area contributed by atoms with Crippen molar-refractivity contribution < 1.29 is 24.2 Å². The van der Waals surface area contributed by atoms with Crippen LogP contribution in [-0.2, 0) is 9.59 Å². The van der Waals surface area contributed by atoms with Crippen LogP contribution < -0.4 is 14.8 Å². The number of rotatable bonds is 8. The Bertz CT molecular complexity index is 580. The summed E-state index contributed by atoms with van der Waals surface area (Å²) >= 11 is 0. The molecule has 0 heterocycles. The van der Waals surface area contributed by atoms with Gasteiger partial charge in [0.25, 0.3) is 0 Å². The van der Waals surface area contributed by atoms with Gasteiger partial charge < -0.3 is 19.9 Å². The Kier molecular flexibility index (Phi) is 7.12. The Morgan fingerprint density at radius 2 is 2.00 bits per heavy atom. The highest BCUT2D eigenvalue weighted by Crippen LogP contribution is 2.28. The van der Waals surface area contributed by atoms with E-state index in [4.69, 9.17) is 14.6 Å². The van der Waals surface area contributed by atoms with E-state index in [9.17, 15) is 9.59 Å². The van der Waals surface area contributed by atoms with E-state index >= 15 is 0 Å². The molecule has 6 heteroatoms. The standard InChI is InChI=1S/C17H23NO5/c1-5-23-13-8-6-12(10-14(13)22-4)7-9-15(19)18-16(11(2)3)17(20)21/h6-11,16H,5H2,1-4H3,(H,18,19)(H,20,21)/b9-7+/t16-/m0/s1. The van der Waals surface area contributed by atoms with E-state index in [-0.39, 0.29) is 5.92 Å². The molecule has 1 rings (SSSR count). The lowest BCUT2D eigenvalue weighted by Crippen LogP contribution is -2.43. The Morgan fingerprint density at radius 1 is 1.30 bits per heavy atom. The van der Waals surface area contributed by atoms with Gasteiger partial charge in [-0.25, -0.2) is 4.79 Å². The fourth-order valence-electron chi connectivity index (χ4n) is 1.95. The van der Waals surface area contributed by atoms with Crippen molar-refractivity contribution in [3.63, 3.8) is 0 Å². The van der Waals surface area contributed by atoms with Crippen LogP contribution in [0, 0.1) is 5.92 Å². The van der Waals surface area contributed by atoms with E-state index < -0.39 is 17.9 Å². The summed E-state index contributed by atoms with van der Waals surface area (Å²) in [5.41, 5.74) is 0.747. The van der Waals surface area contributed by atoms with E-state index in [1.807, 2.05) is 6.92 Å². The highest BCUT2D eigenvalue weighted by molar-refractivity contribution is 5.94. The van der Waals surface area contributed by atoms with Gasteiger partial charge in [-0.2, -0.15) is 0 Å². The first-order chi connectivity index (χ1) is 10.9. The molecule has 6 nitrogen and oxygen atoms in total. The summed E-state index contributed by atoms with van der Waals surface area (Å²) in [6.07, 6.45) is 2.89. The molecule has 0 spiro atoms. The molecule has 1 aromatic carbocycles. The highest BCUT2D eigenvalue weighted by atomic mass is 16.5. The molecular weight excluding hydrogens is 298 g/mol. The molecule has 0 saturated heterocycles. The number of carboxylic acids is 1.